The second kappa shape index (κ2) is 4.08. The Hall–Kier alpha value is -2.04. The summed E-state index contributed by atoms with van der Waals surface area (Å²) in [6, 6.07) is 4.91. The number of phenolic OH excluding ortho intramolecular Hbond substituents is 1. The van der Waals surface area contributed by atoms with Gasteiger partial charge >= 0.3 is 0 Å². The van der Waals surface area contributed by atoms with E-state index in [-0.39, 0.29) is 18.1 Å². The molecule has 1 fully saturated rings. The molecule has 1 atom stereocenters. The van der Waals surface area contributed by atoms with Crippen LogP contribution < -0.4 is 10.6 Å². The third kappa shape index (κ3) is 2.08. The maximum atomic E-state index is 11.7. The van der Waals surface area contributed by atoms with E-state index in [2.05, 4.69) is 0 Å². The van der Waals surface area contributed by atoms with E-state index in [4.69, 9.17) is 5.73 Å². The van der Waals surface area contributed by atoms with Crippen LogP contribution in [0.15, 0.2) is 18.2 Å². The van der Waals surface area contributed by atoms with E-state index in [9.17, 15) is 14.7 Å². The van der Waals surface area contributed by atoms with Gasteiger partial charge in [-0.15, -0.1) is 0 Å². The topological polar surface area (TPSA) is 83.6 Å². The molecule has 0 saturated carbocycles. The summed E-state index contributed by atoms with van der Waals surface area (Å²) in [6.07, 6.45) is 0.162. The highest BCUT2D eigenvalue weighted by Crippen LogP contribution is 2.28. The molecule has 0 aromatic heterocycles. The van der Waals surface area contributed by atoms with Crippen molar-refractivity contribution in [3.05, 3.63) is 23.8 Å². The number of phenols is 1. The molecule has 5 heteroatoms. The van der Waals surface area contributed by atoms with Crippen molar-refractivity contribution in [2.24, 2.45) is 11.7 Å². The smallest absolute Gasteiger partial charge is 0.227 e. The predicted octanol–water partition coefficient (Wildman–Crippen LogP) is 0.539. The first kappa shape index (κ1) is 11.4. The number of benzene rings is 1. The fourth-order valence-electron chi connectivity index (χ4n) is 1.96. The van der Waals surface area contributed by atoms with Crippen molar-refractivity contribution in [2.45, 2.75) is 13.3 Å². The van der Waals surface area contributed by atoms with E-state index in [1.165, 1.54) is 11.0 Å². The lowest BCUT2D eigenvalue weighted by molar-refractivity contribution is -0.123. The average molecular weight is 234 g/mol. The van der Waals surface area contributed by atoms with Gasteiger partial charge in [0.15, 0.2) is 0 Å². The summed E-state index contributed by atoms with van der Waals surface area (Å²) in [5, 5.41) is 9.42. The number of nitrogens with two attached hydrogens (primary N) is 1. The van der Waals surface area contributed by atoms with Crippen LogP contribution >= 0.6 is 0 Å². The minimum atomic E-state index is -0.448. The number of amides is 2. The highest BCUT2D eigenvalue weighted by molar-refractivity contribution is 6.00. The van der Waals surface area contributed by atoms with Crippen LogP contribution in [-0.4, -0.2) is 23.5 Å². The minimum absolute atomic E-state index is 0.112. The average Bonchev–Trinajstić information content (AvgIpc) is 2.65. The van der Waals surface area contributed by atoms with E-state index in [0.717, 1.165) is 0 Å². The Morgan fingerprint density at radius 2 is 2.24 bits per heavy atom. The van der Waals surface area contributed by atoms with Gasteiger partial charge in [-0.05, 0) is 30.7 Å². The molecule has 0 aliphatic carbocycles. The standard InChI is InChI=1S/C12H14N2O3/c1-7-4-9(2-3-10(7)15)14-6-8(12(13)17)5-11(14)16/h2-4,8,15H,5-6H2,1H3,(H2,13,17). The second-order valence-electron chi connectivity index (χ2n) is 4.28. The van der Waals surface area contributed by atoms with Crippen LogP contribution in [0.5, 0.6) is 5.75 Å². The zero-order chi connectivity index (χ0) is 12.6. The fraction of sp³-hybridized carbons (Fsp3) is 0.333. The Kier molecular flexibility index (Phi) is 2.75. The summed E-state index contributed by atoms with van der Waals surface area (Å²) in [7, 11) is 0. The normalized spacial score (nSPS) is 19.7. The number of aryl methyl sites for hydroxylation is 1. The van der Waals surface area contributed by atoms with Crippen LogP contribution in [0, 0.1) is 12.8 Å². The van der Waals surface area contributed by atoms with Gasteiger partial charge in [-0.3, -0.25) is 9.59 Å². The van der Waals surface area contributed by atoms with Gasteiger partial charge in [0.05, 0.1) is 5.92 Å². The van der Waals surface area contributed by atoms with Crippen molar-refractivity contribution >= 4 is 17.5 Å². The maximum Gasteiger partial charge on any atom is 0.227 e. The molecule has 1 aliphatic rings. The highest BCUT2D eigenvalue weighted by atomic mass is 16.3. The summed E-state index contributed by atoms with van der Waals surface area (Å²) in [4.78, 5) is 24.3. The summed E-state index contributed by atoms with van der Waals surface area (Å²) >= 11 is 0. The Morgan fingerprint density at radius 3 is 2.76 bits per heavy atom. The quantitative estimate of drug-likeness (QED) is 0.783. The Balaban J connectivity index is 2.26. The number of nitrogens with zero attached hydrogens (tertiary/aromatic N) is 1. The molecule has 0 radical (unpaired) electrons. The molecular weight excluding hydrogens is 220 g/mol. The summed E-state index contributed by atoms with van der Waals surface area (Å²) in [5.74, 6) is -0.793. The second-order valence-corrected chi connectivity index (χ2v) is 4.28. The van der Waals surface area contributed by atoms with Crippen LogP contribution in [0.2, 0.25) is 0 Å². The molecule has 0 bridgehead atoms. The summed E-state index contributed by atoms with van der Waals surface area (Å²) in [5.41, 5.74) is 6.58. The Bertz CT molecular complexity index is 485. The first-order valence-corrected chi connectivity index (χ1v) is 5.38. The van der Waals surface area contributed by atoms with Crippen LogP contribution in [0.4, 0.5) is 5.69 Å². The zero-order valence-corrected chi connectivity index (χ0v) is 9.51. The molecule has 17 heavy (non-hydrogen) atoms. The van der Waals surface area contributed by atoms with Crippen LogP contribution in [0.1, 0.15) is 12.0 Å². The molecule has 1 aromatic carbocycles. The van der Waals surface area contributed by atoms with Gasteiger partial charge in [0.1, 0.15) is 5.75 Å². The van der Waals surface area contributed by atoms with Gasteiger partial charge < -0.3 is 15.7 Å². The summed E-state index contributed by atoms with van der Waals surface area (Å²) in [6.45, 7) is 2.07. The molecule has 1 aromatic rings. The van der Waals surface area contributed by atoms with Gasteiger partial charge in [0.2, 0.25) is 11.8 Å². The molecule has 2 amide bonds. The Morgan fingerprint density at radius 1 is 1.53 bits per heavy atom. The van der Waals surface area contributed by atoms with E-state index in [0.29, 0.717) is 17.8 Å². The molecule has 1 aliphatic heterocycles. The van der Waals surface area contributed by atoms with Crippen molar-refractivity contribution in [3.63, 3.8) is 0 Å². The van der Waals surface area contributed by atoms with Crippen LogP contribution in [0.3, 0.4) is 0 Å². The lowest BCUT2D eigenvalue weighted by Gasteiger charge is -2.17. The molecular formula is C12H14N2O3. The number of carbonyl (C=O) groups is 2. The van der Waals surface area contributed by atoms with Gasteiger partial charge in [-0.1, -0.05) is 0 Å². The van der Waals surface area contributed by atoms with Gasteiger partial charge in [0.25, 0.3) is 0 Å². The monoisotopic (exact) mass is 234 g/mol. The van der Waals surface area contributed by atoms with Crippen molar-refractivity contribution in [1.29, 1.82) is 0 Å². The molecule has 5 nitrogen and oxygen atoms in total. The maximum absolute atomic E-state index is 11.7. The van der Waals surface area contributed by atoms with Gasteiger partial charge in [-0.25, -0.2) is 0 Å². The largest absolute Gasteiger partial charge is 0.508 e. The first-order chi connectivity index (χ1) is 7.99. The molecule has 2 rings (SSSR count). The van der Waals surface area contributed by atoms with Crippen molar-refractivity contribution in [3.8, 4) is 5.75 Å². The van der Waals surface area contributed by atoms with E-state index in [1.54, 1.807) is 19.1 Å². The zero-order valence-electron chi connectivity index (χ0n) is 9.51. The minimum Gasteiger partial charge on any atom is -0.508 e. The number of rotatable bonds is 2. The first-order valence-electron chi connectivity index (χ1n) is 5.38. The third-order valence-electron chi connectivity index (χ3n) is 3.02. The lowest BCUT2D eigenvalue weighted by Crippen LogP contribution is -2.28. The number of aromatic hydroxyl groups is 1. The van der Waals surface area contributed by atoms with E-state index < -0.39 is 11.8 Å². The Labute approximate surface area is 98.8 Å². The number of hydrogen-bond acceptors (Lipinski definition) is 3. The predicted molar refractivity (Wildman–Crippen MR) is 62.5 cm³/mol. The molecule has 90 valence electrons. The van der Waals surface area contributed by atoms with Gasteiger partial charge in [-0.2, -0.15) is 0 Å². The molecule has 3 N–H and O–H groups in total. The number of primary amides is 1. The molecule has 1 heterocycles. The van der Waals surface area contributed by atoms with Crippen molar-refractivity contribution in [1.82, 2.24) is 0 Å². The number of anilines is 1. The molecule has 1 unspecified atom stereocenters. The summed E-state index contributed by atoms with van der Waals surface area (Å²) < 4.78 is 0. The van der Waals surface area contributed by atoms with E-state index >= 15 is 0 Å². The van der Waals surface area contributed by atoms with Crippen LogP contribution in [0.25, 0.3) is 0 Å². The molecule has 1 saturated heterocycles. The lowest BCUT2D eigenvalue weighted by atomic mass is 10.1. The third-order valence-corrected chi connectivity index (χ3v) is 3.02. The fourth-order valence-corrected chi connectivity index (χ4v) is 1.96. The highest BCUT2D eigenvalue weighted by Gasteiger charge is 2.33. The SMILES string of the molecule is Cc1cc(N2CC(C(N)=O)CC2=O)ccc1O. The van der Waals surface area contributed by atoms with Crippen molar-refractivity contribution < 1.29 is 14.7 Å². The van der Waals surface area contributed by atoms with Gasteiger partial charge in [0, 0.05) is 18.7 Å². The number of carbonyl (C=O) groups excluding carboxylic acids is 2. The van der Waals surface area contributed by atoms with Crippen LogP contribution in [-0.2, 0) is 9.59 Å². The molecule has 0 spiro atoms. The van der Waals surface area contributed by atoms with E-state index in [1.807, 2.05) is 0 Å². The van der Waals surface area contributed by atoms with Crippen molar-refractivity contribution in [2.75, 3.05) is 11.4 Å². The number of hydrogen-bond donors (Lipinski definition) is 2.